The summed E-state index contributed by atoms with van der Waals surface area (Å²) < 4.78 is 5.09. The van der Waals surface area contributed by atoms with Crippen LogP contribution in [-0.2, 0) is 0 Å². The number of ether oxygens (including phenoxy) is 1. The minimum Gasteiger partial charge on any atom is -0.497 e. The second kappa shape index (κ2) is 5.85. The number of methoxy groups -OCH3 is 1. The number of benzene rings is 1. The van der Waals surface area contributed by atoms with Crippen LogP contribution >= 0.6 is 0 Å². The number of nitrogens with two attached hydrogens (primary N) is 1. The Labute approximate surface area is 114 Å². The lowest BCUT2D eigenvalue weighted by molar-refractivity contribution is -0.384. The fourth-order valence-corrected chi connectivity index (χ4v) is 1.61. The first-order chi connectivity index (χ1) is 9.63. The lowest BCUT2D eigenvalue weighted by Gasteiger charge is -2.09. The molecule has 20 heavy (non-hydrogen) atoms. The van der Waals surface area contributed by atoms with E-state index in [-0.39, 0.29) is 11.5 Å². The Morgan fingerprint density at radius 2 is 2.15 bits per heavy atom. The molecule has 1 aromatic carbocycles. The van der Waals surface area contributed by atoms with Crippen molar-refractivity contribution in [1.29, 1.82) is 0 Å². The van der Waals surface area contributed by atoms with Crippen molar-refractivity contribution in [1.82, 2.24) is 4.98 Å². The normalized spacial score (nSPS) is 9.90. The molecular formula is C12H13N5O3. The van der Waals surface area contributed by atoms with Gasteiger partial charge in [0.2, 0.25) is 5.82 Å². The molecule has 8 nitrogen and oxygen atoms in total. The lowest BCUT2D eigenvalue weighted by atomic mass is 10.3. The molecule has 1 aromatic heterocycles. The second-order valence-corrected chi connectivity index (χ2v) is 3.82. The molecular weight excluding hydrogens is 262 g/mol. The fourth-order valence-electron chi connectivity index (χ4n) is 1.61. The number of nitrogens with zero attached hydrogens (tertiary/aromatic N) is 2. The van der Waals surface area contributed by atoms with Gasteiger partial charge in [-0.15, -0.1) is 0 Å². The van der Waals surface area contributed by atoms with Crippen LogP contribution in [-0.4, -0.2) is 17.0 Å². The molecule has 1 heterocycles. The third-order valence-electron chi connectivity index (χ3n) is 2.55. The zero-order chi connectivity index (χ0) is 14.5. The molecule has 0 aliphatic heterocycles. The van der Waals surface area contributed by atoms with E-state index < -0.39 is 4.92 Å². The summed E-state index contributed by atoms with van der Waals surface area (Å²) in [7, 11) is 1.54. The van der Waals surface area contributed by atoms with Gasteiger partial charge in [0, 0.05) is 17.8 Å². The Hall–Kier alpha value is -2.87. The van der Waals surface area contributed by atoms with Gasteiger partial charge in [0.25, 0.3) is 0 Å². The number of nitro groups is 1. The third kappa shape index (κ3) is 2.93. The Balaban J connectivity index is 2.37. The maximum absolute atomic E-state index is 11.0. The molecule has 0 fully saturated rings. The Morgan fingerprint density at radius 3 is 2.80 bits per heavy atom. The number of hydrogen-bond donors (Lipinski definition) is 3. The molecule has 2 rings (SSSR count). The summed E-state index contributed by atoms with van der Waals surface area (Å²) in [6, 6.07) is 9.73. The summed E-state index contributed by atoms with van der Waals surface area (Å²) in [5.41, 5.74) is 2.82. The van der Waals surface area contributed by atoms with Crippen LogP contribution in [0.1, 0.15) is 0 Å². The molecule has 0 aliphatic rings. The van der Waals surface area contributed by atoms with Crippen molar-refractivity contribution >= 4 is 23.0 Å². The van der Waals surface area contributed by atoms with Gasteiger partial charge < -0.3 is 15.5 Å². The first kappa shape index (κ1) is 13.6. The van der Waals surface area contributed by atoms with E-state index in [1.54, 1.807) is 31.4 Å². The van der Waals surface area contributed by atoms with Gasteiger partial charge in [-0.25, -0.2) is 10.8 Å². The van der Waals surface area contributed by atoms with Crippen LogP contribution in [0.25, 0.3) is 0 Å². The maximum Gasteiger partial charge on any atom is 0.311 e. The van der Waals surface area contributed by atoms with Gasteiger partial charge in [-0.1, -0.05) is 6.07 Å². The predicted molar refractivity (Wildman–Crippen MR) is 75.0 cm³/mol. The van der Waals surface area contributed by atoms with Crippen molar-refractivity contribution in [3.05, 3.63) is 46.5 Å². The van der Waals surface area contributed by atoms with Crippen molar-refractivity contribution in [2.24, 2.45) is 5.84 Å². The maximum atomic E-state index is 11.0. The summed E-state index contributed by atoms with van der Waals surface area (Å²) in [4.78, 5) is 14.5. The molecule has 0 atom stereocenters. The number of pyridine rings is 1. The number of hydrazine groups is 1. The fraction of sp³-hybridized carbons (Fsp3) is 0.0833. The minimum absolute atomic E-state index is 0.0960. The lowest BCUT2D eigenvalue weighted by Crippen LogP contribution is -2.10. The molecule has 2 aromatic rings. The largest absolute Gasteiger partial charge is 0.497 e. The molecule has 0 radical (unpaired) electrons. The molecule has 0 aliphatic carbocycles. The number of rotatable bonds is 5. The molecule has 0 bridgehead atoms. The van der Waals surface area contributed by atoms with E-state index in [0.717, 1.165) is 0 Å². The van der Waals surface area contributed by atoms with E-state index in [9.17, 15) is 10.1 Å². The Kier molecular flexibility index (Phi) is 3.96. The molecule has 0 saturated carbocycles. The Bertz CT molecular complexity index is 632. The summed E-state index contributed by atoms with van der Waals surface area (Å²) in [5, 5.41) is 13.9. The number of anilines is 3. The van der Waals surface area contributed by atoms with E-state index in [1.165, 1.54) is 12.1 Å². The highest BCUT2D eigenvalue weighted by molar-refractivity contribution is 5.68. The number of nitrogens with one attached hydrogen (secondary N) is 2. The molecule has 0 amide bonds. The summed E-state index contributed by atoms with van der Waals surface area (Å²) >= 11 is 0. The van der Waals surface area contributed by atoms with Gasteiger partial charge in [0.05, 0.1) is 12.0 Å². The standard InChI is InChI=1S/C12H13N5O3/c1-20-9-4-2-3-8(7-9)14-12-10(17(18)19)5-6-11(15-12)16-13/h2-7H,13H2,1H3,(H2,14,15,16). The van der Waals surface area contributed by atoms with E-state index in [2.05, 4.69) is 15.7 Å². The van der Waals surface area contributed by atoms with Crippen LogP contribution in [0.4, 0.5) is 23.0 Å². The molecule has 0 saturated heterocycles. The number of aromatic nitrogens is 1. The van der Waals surface area contributed by atoms with Crippen molar-refractivity contribution < 1.29 is 9.66 Å². The van der Waals surface area contributed by atoms with Gasteiger partial charge in [0.1, 0.15) is 11.6 Å². The SMILES string of the molecule is COc1cccc(Nc2nc(NN)ccc2[N+](=O)[O-])c1. The van der Waals surface area contributed by atoms with Crippen LogP contribution in [0.15, 0.2) is 36.4 Å². The topological polar surface area (TPSA) is 115 Å². The Morgan fingerprint density at radius 1 is 1.35 bits per heavy atom. The zero-order valence-electron chi connectivity index (χ0n) is 10.7. The second-order valence-electron chi connectivity index (χ2n) is 3.82. The van der Waals surface area contributed by atoms with E-state index in [1.807, 2.05) is 0 Å². The number of hydrogen-bond acceptors (Lipinski definition) is 7. The summed E-state index contributed by atoms with van der Waals surface area (Å²) in [5.74, 6) is 6.30. The molecule has 0 unspecified atom stereocenters. The average molecular weight is 275 g/mol. The van der Waals surface area contributed by atoms with Crippen LogP contribution in [0.2, 0.25) is 0 Å². The number of nitrogen functional groups attached to an aromatic ring is 1. The van der Waals surface area contributed by atoms with Crippen molar-refractivity contribution in [3.8, 4) is 5.75 Å². The van der Waals surface area contributed by atoms with E-state index >= 15 is 0 Å². The van der Waals surface area contributed by atoms with Crippen LogP contribution < -0.4 is 21.3 Å². The highest BCUT2D eigenvalue weighted by Gasteiger charge is 2.16. The van der Waals surface area contributed by atoms with Gasteiger partial charge in [-0.3, -0.25) is 10.1 Å². The zero-order valence-corrected chi connectivity index (χ0v) is 10.7. The molecule has 4 N–H and O–H groups in total. The van der Waals surface area contributed by atoms with Crippen LogP contribution in [0, 0.1) is 10.1 Å². The highest BCUT2D eigenvalue weighted by atomic mass is 16.6. The predicted octanol–water partition coefficient (Wildman–Crippen LogP) is 2.03. The highest BCUT2D eigenvalue weighted by Crippen LogP contribution is 2.28. The first-order valence-electron chi connectivity index (χ1n) is 5.67. The van der Waals surface area contributed by atoms with E-state index in [4.69, 9.17) is 10.6 Å². The third-order valence-corrected chi connectivity index (χ3v) is 2.55. The van der Waals surface area contributed by atoms with Crippen molar-refractivity contribution in [3.63, 3.8) is 0 Å². The van der Waals surface area contributed by atoms with E-state index in [0.29, 0.717) is 17.3 Å². The van der Waals surface area contributed by atoms with Gasteiger partial charge >= 0.3 is 5.69 Å². The average Bonchev–Trinajstić information content (AvgIpc) is 2.47. The molecule has 104 valence electrons. The molecule has 0 spiro atoms. The van der Waals surface area contributed by atoms with Gasteiger partial charge in [0.15, 0.2) is 0 Å². The minimum atomic E-state index is -0.518. The van der Waals surface area contributed by atoms with Crippen LogP contribution in [0.5, 0.6) is 5.75 Å². The van der Waals surface area contributed by atoms with Crippen LogP contribution in [0.3, 0.4) is 0 Å². The summed E-state index contributed by atoms with van der Waals surface area (Å²) in [6.07, 6.45) is 0. The molecule has 8 heteroatoms. The van der Waals surface area contributed by atoms with Gasteiger partial charge in [-0.05, 0) is 18.2 Å². The van der Waals surface area contributed by atoms with Gasteiger partial charge in [-0.2, -0.15) is 0 Å². The monoisotopic (exact) mass is 275 g/mol. The summed E-state index contributed by atoms with van der Waals surface area (Å²) in [6.45, 7) is 0. The van der Waals surface area contributed by atoms with Crippen molar-refractivity contribution in [2.75, 3.05) is 17.9 Å². The van der Waals surface area contributed by atoms with Crippen molar-refractivity contribution in [2.45, 2.75) is 0 Å². The quantitative estimate of drug-likeness (QED) is 0.434. The first-order valence-corrected chi connectivity index (χ1v) is 5.67. The smallest absolute Gasteiger partial charge is 0.311 e.